The van der Waals surface area contributed by atoms with E-state index in [-0.39, 0.29) is 12.0 Å². The van der Waals surface area contributed by atoms with E-state index in [0.29, 0.717) is 27.6 Å². The first kappa shape index (κ1) is 23.4. The van der Waals surface area contributed by atoms with Crippen molar-refractivity contribution in [3.05, 3.63) is 76.1 Å². The molecule has 1 heterocycles. The third-order valence-corrected chi connectivity index (χ3v) is 5.47. The third kappa shape index (κ3) is 5.32. The smallest absolute Gasteiger partial charge is 0.271 e. The topological polar surface area (TPSA) is 64.8 Å². The molecule has 3 rings (SSSR count). The molecule has 0 aliphatic rings. The Morgan fingerprint density at radius 3 is 2.41 bits per heavy atom. The molecule has 0 radical (unpaired) electrons. The third-order valence-electron chi connectivity index (χ3n) is 5.18. The monoisotopic (exact) mass is 453 g/mol. The first-order valence-corrected chi connectivity index (χ1v) is 10.8. The molecule has 0 bridgehead atoms. The summed E-state index contributed by atoms with van der Waals surface area (Å²) in [6.07, 6.45) is 2.37. The van der Waals surface area contributed by atoms with Gasteiger partial charge in [0.25, 0.3) is 5.91 Å². The molecule has 168 valence electrons. The van der Waals surface area contributed by atoms with Crippen molar-refractivity contribution in [2.75, 3.05) is 7.11 Å². The summed E-state index contributed by atoms with van der Waals surface area (Å²) in [5, 5.41) is 4.48. The summed E-state index contributed by atoms with van der Waals surface area (Å²) in [5.74, 6) is 0.707. The van der Waals surface area contributed by atoms with E-state index in [2.05, 4.69) is 27.2 Å². The van der Waals surface area contributed by atoms with E-state index in [1.807, 2.05) is 39.8 Å². The van der Waals surface area contributed by atoms with E-state index in [0.717, 1.165) is 23.5 Å². The van der Waals surface area contributed by atoms with Crippen molar-refractivity contribution in [1.29, 1.82) is 0 Å². The zero-order chi connectivity index (χ0) is 23.3. The van der Waals surface area contributed by atoms with Crippen LogP contribution in [0.5, 0.6) is 11.5 Å². The number of carbonyl (C=O) groups excluding carboxylic acids is 1. The summed E-state index contributed by atoms with van der Waals surface area (Å²) in [6, 6.07) is 15.0. The lowest BCUT2D eigenvalue weighted by Gasteiger charge is -2.17. The molecule has 7 heteroatoms. The Morgan fingerprint density at radius 1 is 1.16 bits per heavy atom. The van der Waals surface area contributed by atoms with Gasteiger partial charge in [-0.15, -0.1) is 0 Å². The van der Waals surface area contributed by atoms with Gasteiger partial charge >= 0.3 is 0 Å². The molecule has 1 atom stereocenters. The zero-order valence-electron chi connectivity index (χ0n) is 19.0. The highest BCUT2D eigenvalue weighted by molar-refractivity contribution is 6.32. The number of ether oxygens (including phenoxy) is 2. The van der Waals surface area contributed by atoms with Gasteiger partial charge in [0.2, 0.25) is 0 Å². The van der Waals surface area contributed by atoms with E-state index >= 15 is 0 Å². The normalized spacial score (nSPS) is 12.1. The number of amides is 1. The van der Waals surface area contributed by atoms with Gasteiger partial charge in [0, 0.05) is 22.6 Å². The van der Waals surface area contributed by atoms with E-state index < -0.39 is 0 Å². The minimum Gasteiger partial charge on any atom is -0.493 e. The first-order valence-electron chi connectivity index (χ1n) is 10.5. The number of aryl methyl sites for hydroxylation is 2. The number of nitrogens with zero attached hydrogens (tertiary/aromatic N) is 2. The highest BCUT2D eigenvalue weighted by Gasteiger charge is 2.14. The maximum Gasteiger partial charge on any atom is 0.271 e. The van der Waals surface area contributed by atoms with Crippen LogP contribution in [-0.4, -0.2) is 29.9 Å². The number of nitrogens with one attached hydrogen (secondary N) is 1. The Morgan fingerprint density at radius 2 is 1.81 bits per heavy atom. The largest absolute Gasteiger partial charge is 0.493 e. The molecule has 0 saturated heterocycles. The van der Waals surface area contributed by atoms with Crippen molar-refractivity contribution in [2.45, 2.75) is 40.2 Å². The van der Waals surface area contributed by atoms with Crippen LogP contribution >= 0.6 is 11.6 Å². The van der Waals surface area contributed by atoms with Gasteiger partial charge in [-0.25, -0.2) is 5.43 Å². The fourth-order valence-electron chi connectivity index (χ4n) is 3.28. The van der Waals surface area contributed by atoms with E-state index in [9.17, 15) is 4.79 Å². The second-order valence-electron chi connectivity index (χ2n) is 7.57. The fraction of sp³-hybridized carbons (Fsp3) is 0.280. The molecule has 0 aliphatic heterocycles. The van der Waals surface area contributed by atoms with Gasteiger partial charge < -0.3 is 14.0 Å². The molecule has 6 nitrogen and oxygen atoms in total. The van der Waals surface area contributed by atoms with Gasteiger partial charge in [0.05, 0.1) is 24.5 Å². The van der Waals surface area contributed by atoms with Crippen LogP contribution in [0.2, 0.25) is 5.02 Å². The maximum atomic E-state index is 12.5. The van der Waals surface area contributed by atoms with Crippen molar-refractivity contribution in [3.8, 4) is 17.2 Å². The van der Waals surface area contributed by atoms with Crippen LogP contribution in [0.1, 0.15) is 47.6 Å². The average Bonchev–Trinajstić information content (AvgIpc) is 3.13. The predicted octanol–water partition coefficient (Wildman–Crippen LogP) is 5.70. The Kier molecular flexibility index (Phi) is 7.59. The molecule has 32 heavy (non-hydrogen) atoms. The van der Waals surface area contributed by atoms with Gasteiger partial charge in [0.15, 0.2) is 11.5 Å². The highest BCUT2D eigenvalue weighted by Crippen LogP contribution is 2.37. The molecule has 1 N–H and O–H groups in total. The second-order valence-corrected chi connectivity index (χ2v) is 7.98. The van der Waals surface area contributed by atoms with Crippen molar-refractivity contribution in [1.82, 2.24) is 9.99 Å². The molecule has 0 spiro atoms. The van der Waals surface area contributed by atoms with Crippen LogP contribution < -0.4 is 14.9 Å². The molecule has 0 saturated carbocycles. The van der Waals surface area contributed by atoms with Crippen LogP contribution in [0.15, 0.2) is 53.6 Å². The highest BCUT2D eigenvalue weighted by atomic mass is 35.5. The van der Waals surface area contributed by atoms with Gasteiger partial charge in [-0.05, 0) is 81.3 Å². The summed E-state index contributed by atoms with van der Waals surface area (Å²) in [7, 11) is 1.55. The number of halogens is 1. The van der Waals surface area contributed by atoms with E-state index in [1.54, 1.807) is 31.4 Å². The molecule has 0 fully saturated rings. The standard InChI is InChI=1S/C25H28ClN3O3/c1-6-18(4)32-24-22(26)13-19(14-23(24)31-5)15-27-28-25(30)20-9-11-21(12-10-20)29-16(2)7-8-17(29)3/h7-15,18H,6H2,1-5H3,(H,28,30). The quantitative estimate of drug-likeness (QED) is 0.351. The SMILES string of the molecule is CCC(C)Oc1c(Cl)cc(C=NNC(=O)c2ccc(-n3c(C)ccc3C)cc2)cc1OC. The number of hydrazone groups is 1. The molecular formula is C25H28ClN3O3. The lowest BCUT2D eigenvalue weighted by atomic mass is 10.2. The van der Waals surface area contributed by atoms with Crippen LogP contribution in [0.25, 0.3) is 5.69 Å². The van der Waals surface area contributed by atoms with Crippen LogP contribution in [0.4, 0.5) is 0 Å². The molecule has 1 aromatic heterocycles. The summed E-state index contributed by atoms with van der Waals surface area (Å²) in [6.45, 7) is 8.10. The first-order chi connectivity index (χ1) is 15.3. The van der Waals surface area contributed by atoms with Gasteiger partial charge in [-0.3, -0.25) is 4.79 Å². The Hall–Kier alpha value is -3.25. The van der Waals surface area contributed by atoms with Gasteiger partial charge in [-0.2, -0.15) is 5.10 Å². The molecule has 1 unspecified atom stereocenters. The van der Waals surface area contributed by atoms with Crippen LogP contribution in [0, 0.1) is 13.8 Å². The van der Waals surface area contributed by atoms with Crippen molar-refractivity contribution in [3.63, 3.8) is 0 Å². The zero-order valence-corrected chi connectivity index (χ0v) is 19.7. The summed E-state index contributed by atoms with van der Waals surface area (Å²) in [5.41, 5.74) is 7.02. The Labute approximate surface area is 193 Å². The molecular weight excluding hydrogens is 426 g/mol. The average molecular weight is 454 g/mol. The molecule has 3 aromatic rings. The summed E-state index contributed by atoms with van der Waals surface area (Å²) >= 11 is 6.37. The molecule has 0 aliphatic carbocycles. The number of rotatable bonds is 8. The Bertz CT molecular complexity index is 1100. The lowest BCUT2D eigenvalue weighted by molar-refractivity contribution is 0.0955. The number of carbonyl (C=O) groups is 1. The maximum absolute atomic E-state index is 12.5. The molecule has 1 amide bonds. The predicted molar refractivity (Wildman–Crippen MR) is 129 cm³/mol. The van der Waals surface area contributed by atoms with Gasteiger partial charge in [-0.1, -0.05) is 18.5 Å². The number of hydrogen-bond donors (Lipinski definition) is 1. The second kappa shape index (κ2) is 10.4. The van der Waals surface area contributed by atoms with E-state index in [4.69, 9.17) is 21.1 Å². The fourth-order valence-corrected chi connectivity index (χ4v) is 3.54. The number of methoxy groups -OCH3 is 1. The van der Waals surface area contributed by atoms with Gasteiger partial charge in [0.1, 0.15) is 0 Å². The lowest BCUT2D eigenvalue weighted by Crippen LogP contribution is -2.17. The Balaban J connectivity index is 1.69. The van der Waals surface area contributed by atoms with E-state index in [1.165, 1.54) is 6.21 Å². The number of benzene rings is 2. The van der Waals surface area contributed by atoms with Crippen molar-refractivity contribution < 1.29 is 14.3 Å². The van der Waals surface area contributed by atoms with Crippen molar-refractivity contribution >= 4 is 23.7 Å². The number of hydrogen-bond acceptors (Lipinski definition) is 4. The minimum atomic E-state index is -0.302. The van der Waals surface area contributed by atoms with Crippen LogP contribution in [0.3, 0.4) is 0 Å². The summed E-state index contributed by atoms with van der Waals surface area (Å²) in [4.78, 5) is 12.5. The molecule has 2 aromatic carbocycles. The minimum absolute atomic E-state index is 0.0111. The van der Waals surface area contributed by atoms with Crippen molar-refractivity contribution in [2.24, 2.45) is 5.10 Å². The van der Waals surface area contributed by atoms with Crippen LogP contribution in [-0.2, 0) is 0 Å². The number of aromatic nitrogens is 1. The summed E-state index contributed by atoms with van der Waals surface area (Å²) < 4.78 is 13.4.